The van der Waals surface area contributed by atoms with Crippen LogP contribution in [0.1, 0.15) is 6.92 Å². The van der Waals surface area contributed by atoms with Crippen LogP contribution < -0.4 is 11.1 Å². The summed E-state index contributed by atoms with van der Waals surface area (Å²) in [5, 5.41) is 12.0. The molecule has 0 aliphatic heterocycles. The average Bonchev–Trinajstić information content (AvgIpc) is 2.45. The summed E-state index contributed by atoms with van der Waals surface area (Å²) in [6, 6.07) is 5.63. The quantitative estimate of drug-likeness (QED) is 0.453. The SMILES string of the molecule is CC(Sc1ccc([N+](=O)[O-])cc1)C(=O)NCC(F)(F)CN. The number of nitrogens with one attached hydrogen (secondary N) is 1. The van der Waals surface area contributed by atoms with E-state index in [2.05, 4.69) is 5.32 Å². The van der Waals surface area contributed by atoms with Crippen LogP contribution in [0.3, 0.4) is 0 Å². The number of rotatable bonds is 7. The summed E-state index contributed by atoms with van der Waals surface area (Å²) in [6.07, 6.45) is 0. The molecule has 1 aromatic carbocycles. The van der Waals surface area contributed by atoms with E-state index < -0.39 is 35.1 Å². The van der Waals surface area contributed by atoms with Crippen LogP contribution >= 0.6 is 11.8 Å². The summed E-state index contributed by atoms with van der Waals surface area (Å²) < 4.78 is 25.8. The number of nitro benzene ring substituents is 1. The number of nitro groups is 1. The molecule has 0 saturated heterocycles. The van der Waals surface area contributed by atoms with Gasteiger partial charge in [0.05, 0.1) is 23.3 Å². The van der Waals surface area contributed by atoms with Crippen LogP contribution in [0, 0.1) is 10.1 Å². The highest BCUT2D eigenvalue weighted by molar-refractivity contribution is 8.00. The van der Waals surface area contributed by atoms with Gasteiger partial charge in [0.2, 0.25) is 5.91 Å². The third-order valence-corrected chi connectivity index (χ3v) is 3.66. The predicted octanol–water partition coefficient (Wildman–Crippen LogP) is 1.79. The first-order valence-electron chi connectivity index (χ1n) is 6.02. The maximum atomic E-state index is 12.9. The second kappa shape index (κ2) is 7.32. The minimum absolute atomic E-state index is 0.0564. The number of thioether (sulfide) groups is 1. The van der Waals surface area contributed by atoms with Gasteiger partial charge in [0.1, 0.15) is 0 Å². The molecule has 0 aromatic heterocycles. The maximum absolute atomic E-state index is 12.9. The van der Waals surface area contributed by atoms with Gasteiger partial charge in [-0.2, -0.15) is 0 Å². The first-order valence-corrected chi connectivity index (χ1v) is 6.90. The fourth-order valence-corrected chi connectivity index (χ4v) is 2.23. The van der Waals surface area contributed by atoms with Crippen molar-refractivity contribution in [3.8, 4) is 0 Å². The van der Waals surface area contributed by atoms with E-state index in [0.29, 0.717) is 4.90 Å². The standard InChI is InChI=1S/C12H15F2N3O3S/c1-8(11(18)16-7-12(13,14)6-15)21-10-4-2-9(3-5-10)17(19)20/h2-5,8H,6-7,15H2,1H3,(H,16,18). The van der Waals surface area contributed by atoms with Crippen molar-refractivity contribution in [1.82, 2.24) is 5.32 Å². The van der Waals surface area contributed by atoms with E-state index in [-0.39, 0.29) is 5.69 Å². The zero-order valence-electron chi connectivity index (χ0n) is 11.2. The predicted molar refractivity (Wildman–Crippen MR) is 75.4 cm³/mol. The Morgan fingerprint density at radius 2 is 2.05 bits per heavy atom. The van der Waals surface area contributed by atoms with Gasteiger partial charge in [-0.1, -0.05) is 0 Å². The monoisotopic (exact) mass is 319 g/mol. The molecule has 21 heavy (non-hydrogen) atoms. The van der Waals surface area contributed by atoms with E-state index >= 15 is 0 Å². The van der Waals surface area contributed by atoms with E-state index in [9.17, 15) is 23.7 Å². The normalized spacial score (nSPS) is 12.8. The topological polar surface area (TPSA) is 98.3 Å². The first kappa shape index (κ1) is 17.3. The molecule has 1 rings (SSSR count). The van der Waals surface area contributed by atoms with E-state index in [1.807, 2.05) is 0 Å². The van der Waals surface area contributed by atoms with E-state index in [4.69, 9.17) is 5.73 Å². The van der Waals surface area contributed by atoms with Gasteiger partial charge in [-0.05, 0) is 19.1 Å². The van der Waals surface area contributed by atoms with Crippen LogP contribution in [-0.2, 0) is 4.79 Å². The van der Waals surface area contributed by atoms with Crippen molar-refractivity contribution in [3.63, 3.8) is 0 Å². The van der Waals surface area contributed by atoms with Crippen molar-refractivity contribution in [2.45, 2.75) is 23.0 Å². The van der Waals surface area contributed by atoms with Gasteiger partial charge in [0, 0.05) is 17.0 Å². The number of carbonyl (C=O) groups is 1. The number of alkyl halides is 2. The molecular formula is C12H15F2N3O3S. The Kier molecular flexibility index (Phi) is 6.03. The number of carbonyl (C=O) groups excluding carboxylic acids is 1. The molecule has 0 spiro atoms. The largest absolute Gasteiger partial charge is 0.349 e. The Balaban J connectivity index is 2.54. The summed E-state index contributed by atoms with van der Waals surface area (Å²) in [5.74, 6) is -3.68. The number of benzene rings is 1. The van der Waals surface area contributed by atoms with Crippen molar-refractivity contribution < 1.29 is 18.5 Å². The van der Waals surface area contributed by atoms with Crippen molar-refractivity contribution in [3.05, 3.63) is 34.4 Å². The summed E-state index contributed by atoms with van der Waals surface area (Å²) in [7, 11) is 0. The molecule has 6 nitrogen and oxygen atoms in total. The van der Waals surface area contributed by atoms with Crippen molar-refractivity contribution in [2.24, 2.45) is 5.73 Å². The number of halogens is 2. The Bertz CT molecular complexity index is 511. The average molecular weight is 319 g/mol. The molecule has 0 aliphatic rings. The van der Waals surface area contributed by atoms with Gasteiger partial charge >= 0.3 is 0 Å². The molecule has 1 atom stereocenters. The molecule has 1 unspecified atom stereocenters. The maximum Gasteiger partial charge on any atom is 0.277 e. The number of nitrogens with two attached hydrogens (primary N) is 1. The minimum atomic E-state index is -3.13. The molecule has 0 saturated carbocycles. The molecule has 0 bridgehead atoms. The lowest BCUT2D eigenvalue weighted by Gasteiger charge is -2.17. The molecule has 0 aliphatic carbocycles. The number of hydrogen-bond acceptors (Lipinski definition) is 5. The highest BCUT2D eigenvalue weighted by atomic mass is 32.2. The van der Waals surface area contributed by atoms with Gasteiger partial charge in [-0.25, -0.2) is 8.78 Å². The van der Waals surface area contributed by atoms with Gasteiger partial charge in [-0.15, -0.1) is 11.8 Å². The smallest absolute Gasteiger partial charge is 0.277 e. The Labute approximate surface area is 124 Å². The molecule has 9 heteroatoms. The van der Waals surface area contributed by atoms with Crippen molar-refractivity contribution >= 4 is 23.4 Å². The van der Waals surface area contributed by atoms with Gasteiger partial charge in [0.25, 0.3) is 11.6 Å². The molecule has 1 amide bonds. The first-order chi connectivity index (χ1) is 9.75. The zero-order chi connectivity index (χ0) is 16.0. The molecule has 0 fully saturated rings. The Morgan fingerprint density at radius 3 is 2.52 bits per heavy atom. The highest BCUT2D eigenvalue weighted by Gasteiger charge is 2.28. The van der Waals surface area contributed by atoms with Gasteiger partial charge in [0.15, 0.2) is 0 Å². The molecule has 1 aromatic rings. The summed E-state index contributed by atoms with van der Waals surface area (Å²) in [5.41, 5.74) is 4.81. The zero-order valence-corrected chi connectivity index (χ0v) is 12.0. The van der Waals surface area contributed by atoms with Crippen LogP contribution in [0.2, 0.25) is 0 Å². The molecule has 116 valence electrons. The third-order valence-electron chi connectivity index (χ3n) is 2.55. The molecule has 0 heterocycles. The fourth-order valence-electron chi connectivity index (χ4n) is 1.34. The van der Waals surface area contributed by atoms with Crippen molar-refractivity contribution in [2.75, 3.05) is 13.1 Å². The summed E-state index contributed by atoms with van der Waals surface area (Å²) >= 11 is 1.12. The lowest BCUT2D eigenvalue weighted by molar-refractivity contribution is -0.384. The summed E-state index contributed by atoms with van der Waals surface area (Å²) in [4.78, 5) is 22.3. The van der Waals surface area contributed by atoms with Crippen LogP contribution in [0.25, 0.3) is 0 Å². The second-order valence-corrected chi connectivity index (χ2v) is 5.70. The van der Waals surface area contributed by atoms with Crippen LogP contribution in [0.5, 0.6) is 0 Å². The summed E-state index contributed by atoms with van der Waals surface area (Å²) in [6.45, 7) is -0.0906. The van der Waals surface area contributed by atoms with Crippen LogP contribution in [-0.4, -0.2) is 35.1 Å². The second-order valence-electron chi connectivity index (χ2n) is 4.29. The van der Waals surface area contributed by atoms with Gasteiger partial charge in [-0.3, -0.25) is 14.9 Å². The minimum Gasteiger partial charge on any atom is -0.349 e. The number of nitrogens with zero attached hydrogens (tertiary/aromatic N) is 1. The Hall–Kier alpha value is -1.74. The lowest BCUT2D eigenvalue weighted by Crippen LogP contribution is -2.43. The molecule has 0 radical (unpaired) electrons. The fraction of sp³-hybridized carbons (Fsp3) is 0.417. The molecular weight excluding hydrogens is 304 g/mol. The van der Waals surface area contributed by atoms with E-state index in [1.165, 1.54) is 24.3 Å². The highest BCUT2D eigenvalue weighted by Crippen LogP contribution is 2.25. The van der Waals surface area contributed by atoms with Crippen molar-refractivity contribution in [1.29, 1.82) is 0 Å². The van der Waals surface area contributed by atoms with E-state index in [0.717, 1.165) is 11.8 Å². The third kappa shape index (κ3) is 5.64. The van der Waals surface area contributed by atoms with E-state index in [1.54, 1.807) is 6.92 Å². The van der Waals surface area contributed by atoms with Crippen LogP contribution in [0.4, 0.5) is 14.5 Å². The molecule has 3 N–H and O–H groups in total. The number of amides is 1. The van der Waals surface area contributed by atoms with Gasteiger partial charge < -0.3 is 11.1 Å². The Morgan fingerprint density at radius 1 is 1.48 bits per heavy atom. The number of hydrogen-bond donors (Lipinski definition) is 2. The van der Waals surface area contributed by atoms with Crippen LogP contribution in [0.15, 0.2) is 29.2 Å². The lowest BCUT2D eigenvalue weighted by atomic mass is 10.3. The number of non-ortho nitro benzene ring substituents is 1.